The van der Waals surface area contributed by atoms with E-state index in [1.807, 2.05) is 19.1 Å². The Labute approximate surface area is 173 Å². The summed E-state index contributed by atoms with van der Waals surface area (Å²) in [5.41, 5.74) is -1.13. The quantitative estimate of drug-likeness (QED) is 0.350. The molecule has 0 fully saturated rings. The molecule has 0 heterocycles. The number of hydrogen-bond acceptors (Lipinski definition) is 1. The van der Waals surface area contributed by atoms with Crippen LogP contribution < -0.4 is 4.74 Å². The second kappa shape index (κ2) is 7.79. The fourth-order valence-corrected chi connectivity index (χ4v) is 6.14. The zero-order valence-electron chi connectivity index (χ0n) is 16.9. The summed E-state index contributed by atoms with van der Waals surface area (Å²) >= 11 is 0. The van der Waals surface area contributed by atoms with E-state index in [2.05, 4.69) is 17.8 Å². The first kappa shape index (κ1) is 22.5. The van der Waals surface area contributed by atoms with Gasteiger partial charge in [0.2, 0.25) is 0 Å². The zero-order valence-corrected chi connectivity index (χ0v) is 17.9. The van der Waals surface area contributed by atoms with E-state index >= 15 is 0 Å². The number of benzene rings is 2. The highest BCUT2D eigenvalue weighted by molar-refractivity contribution is 6.58. The summed E-state index contributed by atoms with van der Waals surface area (Å²) in [6, 6.07) is 6.97. The minimum atomic E-state index is -5.22. The van der Waals surface area contributed by atoms with Crippen molar-refractivity contribution in [2.75, 3.05) is 7.11 Å². The molecule has 0 N–H and O–H groups in total. The van der Waals surface area contributed by atoms with Gasteiger partial charge in [-0.2, -0.15) is 26.3 Å². The van der Waals surface area contributed by atoms with E-state index in [0.29, 0.717) is 5.56 Å². The molecule has 0 amide bonds. The van der Waals surface area contributed by atoms with Crippen LogP contribution in [-0.2, 0) is 12.4 Å². The number of allylic oxidation sites excluding steroid dienone is 1. The van der Waals surface area contributed by atoms with Gasteiger partial charge in [0.05, 0.1) is 21.5 Å². The summed E-state index contributed by atoms with van der Waals surface area (Å²) in [7, 11) is 0.0757. The van der Waals surface area contributed by atoms with Gasteiger partial charge in [-0.05, 0) is 40.3 Å². The van der Waals surface area contributed by atoms with Crippen molar-refractivity contribution in [3.63, 3.8) is 0 Å². The van der Waals surface area contributed by atoms with Crippen molar-refractivity contribution in [2.45, 2.75) is 44.3 Å². The lowest BCUT2D eigenvalue weighted by atomic mass is 9.90. The van der Waals surface area contributed by atoms with Gasteiger partial charge in [0.1, 0.15) is 11.3 Å². The number of alkyl halides is 6. The van der Waals surface area contributed by atoms with Crippen LogP contribution >= 0.6 is 0 Å². The lowest BCUT2D eigenvalue weighted by Crippen LogP contribution is -2.19. The third-order valence-corrected chi connectivity index (χ3v) is 7.22. The number of rotatable bonds is 4. The maximum atomic E-state index is 14.0. The van der Waals surface area contributed by atoms with E-state index < -0.39 is 43.6 Å². The second-order valence-electron chi connectivity index (χ2n) is 7.45. The van der Waals surface area contributed by atoms with Gasteiger partial charge in [-0.1, -0.05) is 55.9 Å². The fraction of sp³-hybridized carbons (Fsp3) is 0.364. The van der Waals surface area contributed by atoms with Crippen LogP contribution in [0.15, 0.2) is 35.9 Å². The van der Waals surface area contributed by atoms with Crippen LogP contribution in [0.1, 0.15) is 41.1 Å². The molecule has 2 aromatic carbocycles. The lowest BCUT2D eigenvalue weighted by Gasteiger charge is -2.23. The van der Waals surface area contributed by atoms with Gasteiger partial charge in [0, 0.05) is 0 Å². The summed E-state index contributed by atoms with van der Waals surface area (Å²) in [4.78, 5) is 0. The van der Waals surface area contributed by atoms with E-state index in [9.17, 15) is 26.3 Å². The summed E-state index contributed by atoms with van der Waals surface area (Å²) in [5.74, 6) is -0.846. The van der Waals surface area contributed by atoms with Gasteiger partial charge >= 0.3 is 12.4 Å². The molecule has 30 heavy (non-hydrogen) atoms. The van der Waals surface area contributed by atoms with Crippen molar-refractivity contribution >= 4 is 14.9 Å². The van der Waals surface area contributed by atoms with Crippen LogP contribution in [0.3, 0.4) is 0 Å². The zero-order chi connectivity index (χ0) is 22.4. The monoisotopic (exact) mass is 443 g/mol. The molecule has 8 heteroatoms. The average molecular weight is 443 g/mol. The molecule has 3 rings (SSSR count). The summed E-state index contributed by atoms with van der Waals surface area (Å²) in [6.07, 6.45) is -7.85. The predicted octanol–water partition coefficient (Wildman–Crippen LogP) is 7.58. The van der Waals surface area contributed by atoms with Crippen molar-refractivity contribution < 1.29 is 31.1 Å². The van der Waals surface area contributed by atoms with Crippen LogP contribution in [-0.4, -0.2) is 15.9 Å². The first-order chi connectivity index (χ1) is 13.9. The van der Waals surface area contributed by atoms with Crippen molar-refractivity contribution in [3.8, 4) is 16.9 Å². The molecule has 0 bridgehead atoms. The molecule has 1 atom stereocenters. The molecule has 1 radical (unpaired) electrons. The Bertz CT molecular complexity index is 988. The fourth-order valence-electron chi connectivity index (χ4n) is 4.24. The van der Waals surface area contributed by atoms with Crippen molar-refractivity contribution in [1.82, 2.24) is 0 Å². The van der Waals surface area contributed by atoms with Crippen molar-refractivity contribution in [2.24, 2.45) is 0 Å². The Morgan fingerprint density at radius 3 is 2.03 bits per heavy atom. The molecule has 2 aromatic rings. The van der Waals surface area contributed by atoms with Gasteiger partial charge < -0.3 is 4.74 Å². The van der Waals surface area contributed by atoms with Crippen LogP contribution in [0.5, 0.6) is 5.75 Å². The van der Waals surface area contributed by atoms with E-state index in [0.717, 1.165) is 36.8 Å². The van der Waals surface area contributed by atoms with Crippen LogP contribution in [0, 0.1) is 0 Å². The largest absolute Gasteiger partial charge is 0.496 e. The van der Waals surface area contributed by atoms with Gasteiger partial charge in [-0.3, -0.25) is 0 Å². The SMILES string of the molecule is CCC1=Cc2c(-c3ccc(OC)c(C(F)(F)F)c3C(F)(F)F)cccc2C1[Si](C)C. The first-order valence-electron chi connectivity index (χ1n) is 9.41. The Balaban J connectivity index is 2.39. The summed E-state index contributed by atoms with van der Waals surface area (Å²) < 4.78 is 87.6. The van der Waals surface area contributed by atoms with Gasteiger partial charge in [0.25, 0.3) is 0 Å². The third kappa shape index (κ3) is 3.77. The number of methoxy groups -OCH3 is 1. The molecule has 0 aliphatic heterocycles. The highest BCUT2D eigenvalue weighted by atomic mass is 28.3. The maximum Gasteiger partial charge on any atom is 0.420 e. The third-order valence-electron chi connectivity index (χ3n) is 5.38. The predicted molar refractivity (Wildman–Crippen MR) is 107 cm³/mol. The minimum Gasteiger partial charge on any atom is -0.496 e. The molecule has 0 aromatic heterocycles. The molecule has 0 saturated heterocycles. The van der Waals surface area contributed by atoms with Crippen molar-refractivity contribution in [3.05, 3.63) is 58.2 Å². The molecular weight excluding hydrogens is 422 g/mol. The molecule has 1 unspecified atom stereocenters. The Morgan fingerprint density at radius 1 is 0.900 bits per heavy atom. The molecule has 1 aliphatic carbocycles. The van der Waals surface area contributed by atoms with E-state index in [4.69, 9.17) is 0 Å². The Morgan fingerprint density at radius 2 is 1.53 bits per heavy atom. The average Bonchev–Trinajstić information content (AvgIpc) is 3.04. The lowest BCUT2D eigenvalue weighted by molar-refractivity contribution is -0.162. The number of fused-ring (bicyclic) bond motifs is 1. The van der Waals surface area contributed by atoms with Gasteiger partial charge in [-0.15, -0.1) is 0 Å². The molecule has 1 nitrogen and oxygen atoms in total. The topological polar surface area (TPSA) is 9.23 Å². The Kier molecular flexibility index (Phi) is 5.84. The Hall–Kier alpha value is -2.22. The van der Waals surface area contributed by atoms with Crippen LogP contribution in [0.25, 0.3) is 17.2 Å². The first-order valence-corrected chi connectivity index (χ1v) is 12.0. The van der Waals surface area contributed by atoms with Gasteiger partial charge in [-0.25, -0.2) is 0 Å². The second-order valence-corrected chi connectivity index (χ2v) is 10.2. The minimum absolute atomic E-state index is 0.129. The van der Waals surface area contributed by atoms with Crippen LogP contribution in [0.4, 0.5) is 26.3 Å². The maximum absolute atomic E-state index is 14.0. The van der Waals surface area contributed by atoms with E-state index in [-0.39, 0.29) is 11.1 Å². The summed E-state index contributed by atoms with van der Waals surface area (Å²) in [5, 5.41) is 0. The highest BCUT2D eigenvalue weighted by Gasteiger charge is 2.48. The summed E-state index contributed by atoms with van der Waals surface area (Å²) in [6.45, 7) is 6.22. The standard InChI is InChI=1S/C22H21F6OSi/c1-5-12-11-16-13(7-6-8-15(16)20(12)30(3)4)14-9-10-17(29-2)19(22(26,27)28)18(14)21(23,24)25/h6-11,20H,5H2,1-4H3. The number of halogens is 6. The van der Waals surface area contributed by atoms with Crippen molar-refractivity contribution in [1.29, 1.82) is 0 Å². The number of hydrogen-bond donors (Lipinski definition) is 0. The van der Waals surface area contributed by atoms with E-state index in [1.165, 1.54) is 6.07 Å². The molecule has 0 spiro atoms. The molecular formula is C22H21F6OSi. The van der Waals surface area contributed by atoms with E-state index in [1.54, 1.807) is 6.07 Å². The van der Waals surface area contributed by atoms with Crippen LogP contribution in [0.2, 0.25) is 13.1 Å². The van der Waals surface area contributed by atoms with Gasteiger partial charge in [0.15, 0.2) is 0 Å². The molecule has 161 valence electrons. The number of ether oxygens (including phenoxy) is 1. The molecule has 1 aliphatic rings. The normalized spacial score (nSPS) is 16.6. The highest BCUT2D eigenvalue weighted by Crippen LogP contribution is 2.51. The molecule has 0 saturated carbocycles. The smallest absolute Gasteiger partial charge is 0.420 e.